The minimum atomic E-state index is -0.329. The number of aliphatic imine (C=N–C) groups is 1. The maximum atomic E-state index is 12.3. The number of ether oxygens (including phenoxy) is 2. The van der Waals surface area contributed by atoms with Gasteiger partial charge in [0.05, 0.1) is 19.8 Å². The lowest BCUT2D eigenvalue weighted by Crippen LogP contribution is -2.49. The molecule has 2 fully saturated rings. The highest BCUT2D eigenvalue weighted by molar-refractivity contribution is 5.94. The predicted molar refractivity (Wildman–Crippen MR) is 119 cm³/mol. The molecule has 0 radical (unpaired) electrons. The molecule has 8 nitrogen and oxygen atoms in total. The van der Waals surface area contributed by atoms with Gasteiger partial charge in [-0.3, -0.25) is 9.69 Å². The van der Waals surface area contributed by atoms with Crippen molar-refractivity contribution in [3.63, 3.8) is 0 Å². The summed E-state index contributed by atoms with van der Waals surface area (Å²) in [5.41, 5.74) is 1.82. The van der Waals surface area contributed by atoms with Crippen LogP contribution >= 0.6 is 0 Å². The van der Waals surface area contributed by atoms with Crippen LogP contribution in [0.5, 0.6) is 0 Å². The molecule has 2 atom stereocenters. The van der Waals surface area contributed by atoms with Crippen LogP contribution in [0.25, 0.3) is 0 Å². The molecule has 3 rings (SSSR count). The van der Waals surface area contributed by atoms with E-state index in [1.807, 2.05) is 24.3 Å². The second kappa shape index (κ2) is 11.9. The number of anilines is 1. The molecule has 0 spiro atoms. The summed E-state index contributed by atoms with van der Waals surface area (Å²) in [5.74, 6) is 0.728. The molecule has 2 unspecified atom stereocenters. The van der Waals surface area contributed by atoms with Crippen LogP contribution in [0, 0.1) is 0 Å². The average Bonchev–Trinajstić information content (AvgIpc) is 3.31. The van der Waals surface area contributed by atoms with Crippen LogP contribution in [0.2, 0.25) is 0 Å². The molecule has 0 bridgehead atoms. The first-order valence-corrected chi connectivity index (χ1v) is 11.0. The van der Waals surface area contributed by atoms with E-state index in [0.717, 1.165) is 69.4 Å². The van der Waals surface area contributed by atoms with Crippen molar-refractivity contribution in [1.29, 1.82) is 0 Å². The molecule has 1 aromatic carbocycles. The van der Waals surface area contributed by atoms with Gasteiger partial charge in [0, 0.05) is 44.5 Å². The lowest BCUT2D eigenvalue weighted by molar-refractivity contribution is -0.124. The molecule has 2 saturated heterocycles. The average molecular weight is 418 g/mol. The number of guanidine groups is 1. The Hall–Kier alpha value is -2.16. The number of nitrogens with one attached hydrogen (secondary N) is 3. The molecule has 2 aliphatic rings. The van der Waals surface area contributed by atoms with Crippen LogP contribution in [0.1, 0.15) is 32.3 Å². The smallest absolute Gasteiger partial charge is 0.253 e. The quantitative estimate of drug-likeness (QED) is 0.440. The van der Waals surface area contributed by atoms with Gasteiger partial charge in [0.1, 0.15) is 6.10 Å². The molecule has 2 aliphatic heterocycles. The topological polar surface area (TPSA) is 87.2 Å². The zero-order valence-electron chi connectivity index (χ0n) is 18.2. The minimum Gasteiger partial charge on any atom is -0.379 e. The zero-order valence-corrected chi connectivity index (χ0v) is 18.2. The Balaban J connectivity index is 1.52. The first-order chi connectivity index (χ1) is 14.7. The number of amides is 1. The van der Waals surface area contributed by atoms with Gasteiger partial charge in [0.25, 0.3) is 5.91 Å². The van der Waals surface area contributed by atoms with Crippen LogP contribution in [-0.2, 0) is 20.8 Å². The van der Waals surface area contributed by atoms with Crippen molar-refractivity contribution in [2.45, 2.75) is 45.4 Å². The Kier molecular flexibility index (Phi) is 8.92. The summed E-state index contributed by atoms with van der Waals surface area (Å²) in [6.45, 7) is 10.7. The molecule has 0 aromatic heterocycles. The highest BCUT2D eigenvalue weighted by Crippen LogP contribution is 2.16. The number of carbonyl (C=O) groups excluding carboxylic acids is 1. The monoisotopic (exact) mass is 417 g/mol. The van der Waals surface area contributed by atoms with Gasteiger partial charge in [-0.25, -0.2) is 4.99 Å². The van der Waals surface area contributed by atoms with Gasteiger partial charge in [-0.05, 0) is 44.4 Å². The van der Waals surface area contributed by atoms with Gasteiger partial charge >= 0.3 is 0 Å². The van der Waals surface area contributed by atoms with E-state index < -0.39 is 0 Å². The summed E-state index contributed by atoms with van der Waals surface area (Å²) in [6.07, 6.45) is 1.40. The fourth-order valence-corrected chi connectivity index (χ4v) is 3.66. The number of nitrogens with zero attached hydrogens (tertiary/aromatic N) is 2. The maximum absolute atomic E-state index is 12.3. The molecule has 30 heavy (non-hydrogen) atoms. The molecule has 3 N–H and O–H groups in total. The van der Waals surface area contributed by atoms with Crippen molar-refractivity contribution in [3.05, 3.63) is 29.8 Å². The van der Waals surface area contributed by atoms with Gasteiger partial charge in [0.15, 0.2) is 5.96 Å². The van der Waals surface area contributed by atoms with Gasteiger partial charge in [0.2, 0.25) is 0 Å². The van der Waals surface area contributed by atoms with Gasteiger partial charge in [-0.1, -0.05) is 12.1 Å². The van der Waals surface area contributed by atoms with E-state index in [4.69, 9.17) is 14.5 Å². The van der Waals surface area contributed by atoms with E-state index in [2.05, 4.69) is 34.7 Å². The molecule has 1 amide bonds. The summed E-state index contributed by atoms with van der Waals surface area (Å²) >= 11 is 0. The fraction of sp³-hybridized carbons (Fsp3) is 0.636. The largest absolute Gasteiger partial charge is 0.379 e. The van der Waals surface area contributed by atoms with Gasteiger partial charge < -0.3 is 25.4 Å². The Morgan fingerprint density at radius 3 is 2.83 bits per heavy atom. The second-order valence-corrected chi connectivity index (χ2v) is 7.76. The van der Waals surface area contributed by atoms with Crippen molar-refractivity contribution >= 4 is 17.6 Å². The minimum absolute atomic E-state index is 0.0692. The van der Waals surface area contributed by atoms with E-state index in [9.17, 15) is 4.79 Å². The van der Waals surface area contributed by atoms with E-state index in [-0.39, 0.29) is 12.0 Å². The van der Waals surface area contributed by atoms with E-state index >= 15 is 0 Å². The molecule has 2 heterocycles. The van der Waals surface area contributed by atoms with Crippen LogP contribution in [0.4, 0.5) is 5.69 Å². The Bertz CT molecular complexity index is 700. The number of hydrogen-bond donors (Lipinski definition) is 3. The van der Waals surface area contributed by atoms with Crippen molar-refractivity contribution in [1.82, 2.24) is 15.5 Å². The molecule has 0 saturated carbocycles. The summed E-state index contributed by atoms with van der Waals surface area (Å²) in [4.78, 5) is 19.4. The third-order valence-electron chi connectivity index (χ3n) is 5.41. The standard InChI is InChI=1S/C22H35N5O3/c1-3-23-22(24-15-17(2)27-9-12-29-13-10-27)25-16-18-6-4-7-19(14-18)26-21(28)20-8-5-11-30-20/h4,6-7,14,17,20H,3,5,8-13,15-16H2,1-2H3,(H,26,28)(H2,23,24,25). The SMILES string of the molecule is CCNC(=NCc1cccc(NC(=O)C2CCCO2)c1)NCC(C)N1CCOCC1. The van der Waals surface area contributed by atoms with Crippen molar-refractivity contribution in [2.24, 2.45) is 4.99 Å². The highest BCUT2D eigenvalue weighted by Gasteiger charge is 2.23. The zero-order chi connectivity index (χ0) is 21.2. The maximum Gasteiger partial charge on any atom is 0.253 e. The van der Waals surface area contributed by atoms with Crippen molar-refractivity contribution in [3.8, 4) is 0 Å². The van der Waals surface area contributed by atoms with Crippen LogP contribution in [0.15, 0.2) is 29.3 Å². The van der Waals surface area contributed by atoms with E-state index in [1.165, 1.54) is 0 Å². The third-order valence-corrected chi connectivity index (χ3v) is 5.41. The molecular formula is C22H35N5O3. The summed E-state index contributed by atoms with van der Waals surface area (Å²) < 4.78 is 10.9. The Morgan fingerprint density at radius 1 is 1.27 bits per heavy atom. The van der Waals surface area contributed by atoms with Crippen LogP contribution < -0.4 is 16.0 Å². The first-order valence-electron chi connectivity index (χ1n) is 11.0. The van der Waals surface area contributed by atoms with Gasteiger partial charge in [-0.2, -0.15) is 0 Å². The predicted octanol–water partition coefficient (Wildman–Crippen LogP) is 1.58. The third kappa shape index (κ3) is 6.97. The van der Waals surface area contributed by atoms with Crippen molar-refractivity contribution in [2.75, 3.05) is 51.3 Å². The summed E-state index contributed by atoms with van der Waals surface area (Å²) in [5, 5.41) is 9.70. The lowest BCUT2D eigenvalue weighted by atomic mass is 10.2. The normalized spacial score (nSPS) is 21.3. The fourth-order valence-electron chi connectivity index (χ4n) is 3.66. The number of hydrogen-bond acceptors (Lipinski definition) is 5. The van der Waals surface area contributed by atoms with Gasteiger partial charge in [-0.15, -0.1) is 0 Å². The number of benzene rings is 1. The molecular weight excluding hydrogens is 382 g/mol. The van der Waals surface area contributed by atoms with Crippen LogP contribution in [0.3, 0.4) is 0 Å². The van der Waals surface area contributed by atoms with E-state index in [0.29, 0.717) is 19.2 Å². The number of rotatable bonds is 8. The molecule has 0 aliphatic carbocycles. The molecule has 8 heteroatoms. The van der Waals surface area contributed by atoms with Crippen molar-refractivity contribution < 1.29 is 14.3 Å². The summed E-state index contributed by atoms with van der Waals surface area (Å²) in [7, 11) is 0. The Morgan fingerprint density at radius 2 is 2.10 bits per heavy atom. The number of carbonyl (C=O) groups is 1. The van der Waals surface area contributed by atoms with E-state index in [1.54, 1.807) is 0 Å². The highest BCUT2D eigenvalue weighted by atomic mass is 16.5. The molecule has 1 aromatic rings. The lowest BCUT2D eigenvalue weighted by Gasteiger charge is -2.32. The van der Waals surface area contributed by atoms with Crippen LogP contribution in [-0.4, -0.2) is 74.9 Å². The molecule has 166 valence electrons. The second-order valence-electron chi connectivity index (χ2n) is 7.76. The first kappa shape index (κ1) is 22.5. The number of morpholine rings is 1. The summed E-state index contributed by atoms with van der Waals surface area (Å²) in [6, 6.07) is 8.24. The Labute approximate surface area is 179 Å².